The molecular weight excluding hydrogens is 362 g/mol. The van der Waals surface area contributed by atoms with E-state index in [1.807, 2.05) is 6.07 Å². The number of benzene rings is 1. The van der Waals surface area contributed by atoms with Crippen LogP contribution in [-0.4, -0.2) is 16.0 Å². The van der Waals surface area contributed by atoms with E-state index < -0.39 is 0 Å². The first-order valence-electron chi connectivity index (χ1n) is 5.54. The molecule has 0 saturated heterocycles. The molecule has 0 aliphatic rings. The van der Waals surface area contributed by atoms with Crippen molar-refractivity contribution in [3.05, 3.63) is 57.7 Å². The molecule has 0 radical (unpaired) electrons. The minimum absolute atomic E-state index is 0.171. The van der Waals surface area contributed by atoms with Gasteiger partial charge in [0, 0.05) is 21.3 Å². The summed E-state index contributed by atoms with van der Waals surface area (Å²) in [7, 11) is 0. The minimum atomic E-state index is -0.331. The van der Waals surface area contributed by atoms with E-state index in [0.717, 1.165) is 4.47 Å². The van der Waals surface area contributed by atoms with Crippen LogP contribution in [0.5, 0.6) is 0 Å². The monoisotopic (exact) mass is 369 g/mol. The molecule has 1 aromatic heterocycles. The molecule has 0 saturated carbocycles. The first kappa shape index (κ1) is 14.9. The fourth-order valence-corrected chi connectivity index (χ4v) is 2.02. The van der Waals surface area contributed by atoms with Gasteiger partial charge in [-0.3, -0.25) is 10.1 Å². The Morgan fingerprint density at radius 2 is 2.10 bits per heavy atom. The topological polar surface area (TPSA) is 54.0 Å². The molecule has 0 aliphatic heterocycles. The van der Waals surface area contributed by atoms with Crippen molar-refractivity contribution in [3.63, 3.8) is 0 Å². The number of pyridine rings is 1. The van der Waals surface area contributed by atoms with E-state index in [9.17, 15) is 4.79 Å². The third-order valence-corrected chi connectivity index (χ3v) is 3.19. The molecule has 0 fully saturated rings. The molecule has 1 amide bonds. The molecule has 2 rings (SSSR count). The fraction of sp³-hybridized carbons (Fsp3) is 0. The number of aromatic nitrogens is 1. The summed E-state index contributed by atoms with van der Waals surface area (Å²) in [6, 6.07) is 10.2. The molecule has 4 nitrogen and oxygen atoms in total. The van der Waals surface area contributed by atoms with Crippen molar-refractivity contribution in [2.24, 2.45) is 0 Å². The number of rotatable bonds is 2. The highest BCUT2D eigenvalue weighted by atomic mass is 79.9. The van der Waals surface area contributed by atoms with Crippen molar-refractivity contribution in [1.82, 2.24) is 10.3 Å². The van der Waals surface area contributed by atoms with Crippen molar-refractivity contribution in [2.75, 3.05) is 5.32 Å². The van der Waals surface area contributed by atoms with Crippen LogP contribution in [0, 0.1) is 0 Å². The van der Waals surface area contributed by atoms with Gasteiger partial charge in [0.25, 0.3) is 5.91 Å². The van der Waals surface area contributed by atoms with Crippen LogP contribution in [0.2, 0.25) is 5.02 Å². The third kappa shape index (κ3) is 4.26. The van der Waals surface area contributed by atoms with Crippen molar-refractivity contribution in [3.8, 4) is 0 Å². The molecule has 0 aliphatic carbocycles. The molecule has 0 atom stereocenters. The zero-order valence-electron chi connectivity index (χ0n) is 10.1. The van der Waals surface area contributed by atoms with E-state index in [1.54, 1.807) is 36.5 Å². The van der Waals surface area contributed by atoms with Crippen molar-refractivity contribution in [1.29, 1.82) is 0 Å². The Morgan fingerprint density at radius 1 is 1.30 bits per heavy atom. The maximum absolute atomic E-state index is 11.9. The number of amides is 1. The zero-order valence-corrected chi connectivity index (χ0v) is 13.2. The van der Waals surface area contributed by atoms with Crippen molar-refractivity contribution < 1.29 is 4.79 Å². The average molecular weight is 371 g/mol. The summed E-state index contributed by atoms with van der Waals surface area (Å²) in [5.41, 5.74) is 0.436. The summed E-state index contributed by atoms with van der Waals surface area (Å²) in [5, 5.41) is 6.04. The lowest BCUT2D eigenvalue weighted by Crippen LogP contribution is -2.34. The van der Waals surface area contributed by atoms with E-state index >= 15 is 0 Å². The summed E-state index contributed by atoms with van der Waals surface area (Å²) >= 11 is 14.2. The van der Waals surface area contributed by atoms with Crippen LogP contribution < -0.4 is 10.6 Å². The molecule has 1 aromatic carbocycles. The highest BCUT2D eigenvalue weighted by Crippen LogP contribution is 2.11. The van der Waals surface area contributed by atoms with Gasteiger partial charge < -0.3 is 5.32 Å². The smallest absolute Gasteiger partial charge is 0.257 e. The number of thiocarbonyl (C=S) groups is 1. The Bertz CT molecular complexity index is 648. The number of carbonyl (C=O) groups excluding carboxylic acids is 1. The fourth-order valence-electron chi connectivity index (χ4n) is 1.40. The number of anilines is 1. The van der Waals surface area contributed by atoms with Gasteiger partial charge in [-0.15, -0.1) is 0 Å². The lowest BCUT2D eigenvalue weighted by molar-refractivity contribution is 0.0977. The van der Waals surface area contributed by atoms with Crippen LogP contribution in [0.15, 0.2) is 47.1 Å². The second-order valence-electron chi connectivity index (χ2n) is 3.78. The van der Waals surface area contributed by atoms with Crippen LogP contribution in [0.4, 0.5) is 5.82 Å². The zero-order chi connectivity index (χ0) is 14.5. The van der Waals surface area contributed by atoms with Crippen molar-refractivity contribution >= 4 is 56.6 Å². The molecular formula is C13H9BrClN3OS. The lowest BCUT2D eigenvalue weighted by Gasteiger charge is -2.09. The molecule has 102 valence electrons. The molecule has 2 N–H and O–H groups in total. The van der Waals surface area contributed by atoms with E-state index in [4.69, 9.17) is 23.8 Å². The maximum Gasteiger partial charge on any atom is 0.257 e. The second kappa shape index (κ2) is 6.78. The summed E-state index contributed by atoms with van der Waals surface area (Å²) < 4.78 is 0.858. The van der Waals surface area contributed by atoms with E-state index in [2.05, 4.69) is 31.5 Å². The Morgan fingerprint density at radius 3 is 2.75 bits per heavy atom. The summed E-state index contributed by atoms with van der Waals surface area (Å²) in [5.74, 6) is 0.215. The first-order valence-corrected chi connectivity index (χ1v) is 7.12. The van der Waals surface area contributed by atoms with E-state index in [-0.39, 0.29) is 11.0 Å². The molecule has 0 bridgehead atoms. The normalized spacial score (nSPS) is 9.90. The Kier molecular flexibility index (Phi) is 5.05. The number of halogens is 2. The van der Waals surface area contributed by atoms with Crippen LogP contribution in [-0.2, 0) is 0 Å². The molecule has 1 heterocycles. The quantitative estimate of drug-likeness (QED) is 0.793. The highest BCUT2D eigenvalue weighted by molar-refractivity contribution is 9.10. The van der Waals surface area contributed by atoms with Gasteiger partial charge in [-0.2, -0.15) is 0 Å². The standard InChI is InChI=1S/C13H9BrClN3OS/c14-9-4-5-11(16-7-9)17-13(20)18-12(19)8-2-1-3-10(15)6-8/h1-7H,(H2,16,17,18,19,20). The molecule has 20 heavy (non-hydrogen) atoms. The van der Waals surface area contributed by atoms with Gasteiger partial charge in [-0.1, -0.05) is 17.7 Å². The Hall–Kier alpha value is -1.50. The van der Waals surface area contributed by atoms with Gasteiger partial charge in [-0.25, -0.2) is 4.98 Å². The van der Waals surface area contributed by atoms with E-state index in [0.29, 0.717) is 16.4 Å². The average Bonchev–Trinajstić information content (AvgIpc) is 2.41. The van der Waals surface area contributed by atoms with Gasteiger partial charge in [0.15, 0.2) is 5.11 Å². The van der Waals surface area contributed by atoms with Gasteiger partial charge in [-0.05, 0) is 58.5 Å². The summed E-state index contributed by atoms with van der Waals surface area (Å²) in [4.78, 5) is 16.0. The largest absolute Gasteiger partial charge is 0.317 e. The van der Waals surface area contributed by atoms with Gasteiger partial charge >= 0.3 is 0 Å². The van der Waals surface area contributed by atoms with Gasteiger partial charge in [0.05, 0.1) is 0 Å². The number of nitrogens with one attached hydrogen (secondary N) is 2. The third-order valence-electron chi connectivity index (χ3n) is 2.28. The van der Waals surface area contributed by atoms with Crippen molar-refractivity contribution in [2.45, 2.75) is 0 Å². The van der Waals surface area contributed by atoms with Gasteiger partial charge in [0.2, 0.25) is 0 Å². The number of carbonyl (C=O) groups is 1. The van der Waals surface area contributed by atoms with Crippen LogP contribution in [0.25, 0.3) is 0 Å². The highest BCUT2D eigenvalue weighted by Gasteiger charge is 2.08. The van der Waals surface area contributed by atoms with Gasteiger partial charge in [0.1, 0.15) is 5.82 Å². The molecule has 0 unspecified atom stereocenters. The molecule has 0 spiro atoms. The Balaban J connectivity index is 1.97. The SMILES string of the molecule is O=C(NC(=S)Nc1ccc(Br)cn1)c1cccc(Cl)c1. The lowest BCUT2D eigenvalue weighted by atomic mass is 10.2. The summed E-state index contributed by atoms with van der Waals surface area (Å²) in [6.45, 7) is 0. The number of hydrogen-bond acceptors (Lipinski definition) is 3. The molecule has 7 heteroatoms. The summed E-state index contributed by atoms with van der Waals surface area (Å²) in [6.07, 6.45) is 1.63. The Labute approximate surface area is 134 Å². The number of nitrogens with zero attached hydrogens (tertiary/aromatic N) is 1. The van der Waals surface area contributed by atoms with Crippen LogP contribution in [0.1, 0.15) is 10.4 Å². The maximum atomic E-state index is 11.9. The van der Waals surface area contributed by atoms with Crippen LogP contribution in [0.3, 0.4) is 0 Å². The van der Waals surface area contributed by atoms with Crippen LogP contribution >= 0.6 is 39.7 Å². The predicted octanol–water partition coefficient (Wildman–Crippen LogP) is 3.62. The molecule has 2 aromatic rings. The predicted molar refractivity (Wildman–Crippen MR) is 87.1 cm³/mol. The van der Waals surface area contributed by atoms with E-state index in [1.165, 1.54) is 0 Å². The number of hydrogen-bond donors (Lipinski definition) is 2. The first-order chi connectivity index (χ1) is 9.54. The second-order valence-corrected chi connectivity index (χ2v) is 5.54. The minimum Gasteiger partial charge on any atom is -0.317 e.